The molecule has 0 saturated heterocycles. The molecule has 0 heterocycles. The highest BCUT2D eigenvalue weighted by Crippen LogP contribution is 2.23. The van der Waals surface area contributed by atoms with E-state index >= 15 is 0 Å². The summed E-state index contributed by atoms with van der Waals surface area (Å²) in [6.45, 7) is 5.39. The van der Waals surface area contributed by atoms with E-state index in [1.165, 1.54) is 9.87 Å². The molecule has 0 spiro atoms. The second-order valence-corrected chi connectivity index (χ2v) is 10.6. The summed E-state index contributed by atoms with van der Waals surface area (Å²) < 4.78 is 37.6. The molecule has 36 heavy (non-hydrogen) atoms. The molecule has 192 valence electrons. The van der Waals surface area contributed by atoms with E-state index in [1.807, 2.05) is 62.4 Å². The Morgan fingerprint density at radius 2 is 1.67 bits per heavy atom. The van der Waals surface area contributed by atoms with Gasteiger partial charge in [-0.05, 0) is 61.7 Å². The summed E-state index contributed by atoms with van der Waals surface area (Å²) in [6.07, 6.45) is 1.77. The van der Waals surface area contributed by atoms with Gasteiger partial charge in [-0.2, -0.15) is 0 Å². The Labute approximate surface area is 214 Å². The quantitative estimate of drug-likeness (QED) is 0.339. The van der Waals surface area contributed by atoms with Crippen LogP contribution in [0.4, 0.5) is 5.69 Å². The molecule has 3 rings (SSSR count). The van der Waals surface area contributed by atoms with Gasteiger partial charge in [-0.15, -0.1) is 0 Å². The Balaban J connectivity index is 1.43. The van der Waals surface area contributed by atoms with Crippen molar-refractivity contribution < 1.29 is 22.7 Å². The largest absolute Gasteiger partial charge is 0.491 e. The molecule has 3 aromatic rings. The first-order valence-electron chi connectivity index (χ1n) is 11.9. The minimum absolute atomic E-state index is 0.141. The first-order chi connectivity index (χ1) is 17.2. The van der Waals surface area contributed by atoms with Crippen molar-refractivity contribution in [2.75, 3.05) is 30.3 Å². The fourth-order valence-corrected chi connectivity index (χ4v) is 4.69. The van der Waals surface area contributed by atoms with E-state index < -0.39 is 10.0 Å². The molecule has 0 aliphatic heterocycles. The van der Waals surface area contributed by atoms with Crippen LogP contribution in [-0.2, 0) is 21.4 Å². The van der Waals surface area contributed by atoms with Crippen molar-refractivity contribution in [3.8, 4) is 11.5 Å². The summed E-state index contributed by atoms with van der Waals surface area (Å²) in [6, 6.07) is 22.7. The Morgan fingerprint density at radius 1 is 0.944 bits per heavy atom. The number of benzene rings is 3. The fraction of sp³-hybridized carbons (Fsp3) is 0.321. The predicted molar refractivity (Wildman–Crippen MR) is 143 cm³/mol. The smallest absolute Gasteiger partial charge is 0.232 e. The first-order valence-corrected chi connectivity index (χ1v) is 13.8. The summed E-state index contributed by atoms with van der Waals surface area (Å²) in [5, 5.41) is 2.82. The topological polar surface area (TPSA) is 84.9 Å². The van der Waals surface area contributed by atoms with Gasteiger partial charge < -0.3 is 14.8 Å². The molecule has 8 heteroatoms. The van der Waals surface area contributed by atoms with E-state index in [4.69, 9.17) is 9.47 Å². The van der Waals surface area contributed by atoms with Gasteiger partial charge >= 0.3 is 0 Å². The number of ether oxygens (including phenoxy) is 2. The minimum Gasteiger partial charge on any atom is -0.491 e. The molecule has 0 aromatic heterocycles. The third-order valence-electron chi connectivity index (χ3n) is 5.55. The van der Waals surface area contributed by atoms with E-state index in [0.717, 1.165) is 23.1 Å². The van der Waals surface area contributed by atoms with E-state index in [9.17, 15) is 13.2 Å². The first kappa shape index (κ1) is 27.1. The Morgan fingerprint density at radius 3 is 2.33 bits per heavy atom. The highest BCUT2D eigenvalue weighted by molar-refractivity contribution is 7.92. The molecule has 7 nitrogen and oxygen atoms in total. The van der Waals surface area contributed by atoms with Gasteiger partial charge in [0.1, 0.15) is 24.7 Å². The van der Waals surface area contributed by atoms with Gasteiger partial charge in [0.15, 0.2) is 0 Å². The number of hydrogen-bond acceptors (Lipinski definition) is 5. The van der Waals surface area contributed by atoms with Gasteiger partial charge in [0, 0.05) is 13.0 Å². The fourth-order valence-electron chi connectivity index (χ4n) is 3.72. The van der Waals surface area contributed by atoms with Crippen LogP contribution in [0, 0.1) is 13.8 Å². The summed E-state index contributed by atoms with van der Waals surface area (Å²) in [5.74, 6) is 1.31. The van der Waals surface area contributed by atoms with Crippen LogP contribution in [0.5, 0.6) is 11.5 Å². The van der Waals surface area contributed by atoms with Crippen molar-refractivity contribution in [1.29, 1.82) is 0 Å². The van der Waals surface area contributed by atoms with Crippen molar-refractivity contribution in [2.45, 2.75) is 33.3 Å². The van der Waals surface area contributed by atoms with Crippen molar-refractivity contribution in [2.24, 2.45) is 0 Å². The standard InChI is InChI=1S/C28H34N2O5S/c1-22-11-16-27(23(2)20-22)34-19-17-29-28(31)10-7-18-30(36(3,32)33)25-12-14-26(15-13-25)35-21-24-8-5-4-6-9-24/h4-6,8-9,11-16,20H,7,10,17-19,21H2,1-3H3,(H,29,31). The van der Waals surface area contributed by atoms with Gasteiger partial charge in [-0.1, -0.05) is 48.0 Å². The van der Waals surface area contributed by atoms with Crippen LogP contribution in [0.1, 0.15) is 29.5 Å². The summed E-state index contributed by atoms with van der Waals surface area (Å²) >= 11 is 0. The SMILES string of the molecule is Cc1ccc(OCCNC(=O)CCCN(c2ccc(OCc3ccccc3)cc2)S(C)(=O)=O)c(C)c1. The van der Waals surface area contributed by atoms with Gasteiger partial charge in [0.2, 0.25) is 15.9 Å². The van der Waals surface area contributed by atoms with Crippen molar-refractivity contribution in [3.05, 3.63) is 89.5 Å². The lowest BCUT2D eigenvalue weighted by molar-refractivity contribution is -0.121. The third kappa shape index (κ3) is 8.61. The lowest BCUT2D eigenvalue weighted by Gasteiger charge is -2.22. The molecule has 1 amide bonds. The molecule has 0 unspecified atom stereocenters. The molecule has 0 saturated carbocycles. The van der Waals surface area contributed by atoms with E-state index in [2.05, 4.69) is 5.32 Å². The number of sulfonamides is 1. The molecule has 0 aliphatic carbocycles. The number of amides is 1. The molecular formula is C28H34N2O5S. The molecule has 0 aliphatic rings. The molecular weight excluding hydrogens is 476 g/mol. The molecule has 0 radical (unpaired) electrons. The monoisotopic (exact) mass is 510 g/mol. The Kier molecular flexibility index (Phi) is 9.76. The molecule has 0 atom stereocenters. The van der Waals surface area contributed by atoms with Gasteiger partial charge in [-0.3, -0.25) is 9.10 Å². The molecule has 3 aromatic carbocycles. The van der Waals surface area contributed by atoms with Crippen LogP contribution in [0.25, 0.3) is 0 Å². The van der Waals surface area contributed by atoms with Crippen LogP contribution in [0.15, 0.2) is 72.8 Å². The van der Waals surface area contributed by atoms with Gasteiger partial charge in [0.05, 0.1) is 18.5 Å². The Hall–Kier alpha value is -3.52. The van der Waals surface area contributed by atoms with Crippen molar-refractivity contribution in [1.82, 2.24) is 5.32 Å². The number of carbonyl (C=O) groups is 1. The van der Waals surface area contributed by atoms with Crippen molar-refractivity contribution >= 4 is 21.6 Å². The highest BCUT2D eigenvalue weighted by atomic mass is 32.2. The van der Waals surface area contributed by atoms with E-state index in [1.54, 1.807) is 24.3 Å². The number of rotatable bonds is 13. The van der Waals surface area contributed by atoms with Crippen LogP contribution >= 0.6 is 0 Å². The second-order valence-electron chi connectivity index (χ2n) is 8.67. The number of nitrogens with one attached hydrogen (secondary N) is 1. The van der Waals surface area contributed by atoms with Gasteiger partial charge in [0.25, 0.3) is 0 Å². The molecule has 0 fully saturated rings. The van der Waals surface area contributed by atoms with Gasteiger partial charge in [-0.25, -0.2) is 8.42 Å². The average Bonchev–Trinajstić information content (AvgIpc) is 2.84. The zero-order valence-electron chi connectivity index (χ0n) is 21.1. The maximum Gasteiger partial charge on any atom is 0.232 e. The Bertz CT molecular complexity index is 1230. The molecule has 1 N–H and O–H groups in total. The van der Waals surface area contributed by atoms with E-state index in [-0.39, 0.29) is 18.9 Å². The number of carbonyl (C=O) groups excluding carboxylic acids is 1. The predicted octanol–water partition coefficient (Wildman–Crippen LogP) is 4.62. The zero-order valence-corrected chi connectivity index (χ0v) is 21.9. The summed E-state index contributed by atoms with van der Waals surface area (Å²) in [4.78, 5) is 12.2. The van der Waals surface area contributed by atoms with Crippen LogP contribution in [-0.4, -0.2) is 40.3 Å². The van der Waals surface area contributed by atoms with Crippen LogP contribution in [0.2, 0.25) is 0 Å². The van der Waals surface area contributed by atoms with Crippen molar-refractivity contribution in [3.63, 3.8) is 0 Å². The zero-order chi connectivity index (χ0) is 26.0. The summed E-state index contributed by atoms with van der Waals surface area (Å²) in [5.41, 5.74) is 3.81. The van der Waals surface area contributed by atoms with E-state index in [0.29, 0.717) is 37.6 Å². The highest BCUT2D eigenvalue weighted by Gasteiger charge is 2.17. The lowest BCUT2D eigenvalue weighted by atomic mass is 10.1. The number of hydrogen-bond donors (Lipinski definition) is 1. The minimum atomic E-state index is -3.50. The second kappa shape index (κ2) is 13.0. The summed E-state index contributed by atoms with van der Waals surface area (Å²) in [7, 11) is -3.50. The third-order valence-corrected chi connectivity index (χ3v) is 6.74. The van der Waals surface area contributed by atoms with Crippen LogP contribution in [0.3, 0.4) is 0 Å². The lowest BCUT2D eigenvalue weighted by Crippen LogP contribution is -2.32. The van der Waals surface area contributed by atoms with Crippen LogP contribution < -0.4 is 19.1 Å². The number of anilines is 1. The molecule has 0 bridgehead atoms. The number of aryl methyl sites for hydroxylation is 2. The normalized spacial score (nSPS) is 11.1. The average molecular weight is 511 g/mol. The number of nitrogens with zero attached hydrogens (tertiary/aromatic N) is 1. The maximum atomic E-state index is 12.4. The maximum absolute atomic E-state index is 12.4.